The van der Waals surface area contributed by atoms with Crippen molar-refractivity contribution >= 4 is 0 Å². The lowest BCUT2D eigenvalue weighted by Gasteiger charge is -2.10. The van der Waals surface area contributed by atoms with Crippen LogP contribution in [-0.2, 0) is 0 Å². The van der Waals surface area contributed by atoms with Gasteiger partial charge in [0.25, 0.3) is 0 Å². The predicted molar refractivity (Wildman–Crippen MR) is 39.8 cm³/mol. The van der Waals surface area contributed by atoms with Crippen LogP contribution >= 0.6 is 0 Å². The molecule has 0 amide bonds. The maximum Gasteiger partial charge on any atom is 0.0735 e. The van der Waals surface area contributed by atoms with Gasteiger partial charge >= 0.3 is 0 Å². The molecule has 1 saturated carbocycles. The second kappa shape index (κ2) is 1.95. The van der Waals surface area contributed by atoms with Gasteiger partial charge in [0.2, 0.25) is 0 Å². The van der Waals surface area contributed by atoms with E-state index in [1.54, 1.807) is 0 Å². The number of rotatable bonds is 1. The number of likely N-dealkylation sites (tertiary alicyclic amines) is 1. The van der Waals surface area contributed by atoms with Crippen molar-refractivity contribution in [1.82, 2.24) is 4.90 Å². The van der Waals surface area contributed by atoms with E-state index in [-0.39, 0.29) is 6.10 Å². The number of hydrogen-bond donors (Lipinski definition) is 1. The number of aliphatic hydroxyl groups excluding tert-OH is 1. The molecule has 0 aromatic rings. The maximum atomic E-state index is 9.58. The van der Waals surface area contributed by atoms with Gasteiger partial charge in [-0.1, -0.05) is 6.92 Å². The highest BCUT2D eigenvalue weighted by Crippen LogP contribution is 2.52. The monoisotopic (exact) mass is 141 g/mol. The van der Waals surface area contributed by atoms with E-state index in [1.807, 2.05) is 0 Å². The molecule has 0 bridgehead atoms. The molecule has 1 spiro atoms. The van der Waals surface area contributed by atoms with Crippen molar-refractivity contribution in [3.63, 3.8) is 0 Å². The highest BCUT2D eigenvalue weighted by atomic mass is 16.3. The highest BCUT2D eigenvalue weighted by Gasteiger charge is 2.53. The minimum Gasteiger partial charge on any atom is -0.391 e. The van der Waals surface area contributed by atoms with E-state index in [2.05, 4.69) is 11.8 Å². The normalized spacial score (nSPS) is 37.2. The van der Waals surface area contributed by atoms with Crippen LogP contribution in [0.25, 0.3) is 0 Å². The first-order valence-corrected chi connectivity index (χ1v) is 4.17. The lowest BCUT2D eigenvalue weighted by molar-refractivity contribution is 0.131. The van der Waals surface area contributed by atoms with Crippen molar-refractivity contribution in [3.8, 4) is 0 Å². The van der Waals surface area contributed by atoms with Crippen molar-refractivity contribution in [2.75, 3.05) is 19.6 Å². The second-order valence-electron chi connectivity index (χ2n) is 3.71. The van der Waals surface area contributed by atoms with Gasteiger partial charge in [0.05, 0.1) is 6.10 Å². The summed E-state index contributed by atoms with van der Waals surface area (Å²) < 4.78 is 0. The van der Waals surface area contributed by atoms with Crippen LogP contribution in [0.4, 0.5) is 0 Å². The highest BCUT2D eigenvalue weighted by molar-refractivity contribution is 5.06. The predicted octanol–water partition coefficient (Wildman–Crippen LogP) is 0.463. The topological polar surface area (TPSA) is 23.5 Å². The molecule has 10 heavy (non-hydrogen) atoms. The summed E-state index contributed by atoms with van der Waals surface area (Å²) >= 11 is 0. The van der Waals surface area contributed by atoms with Crippen LogP contribution in [0.1, 0.15) is 19.8 Å². The Balaban J connectivity index is 2.01. The Morgan fingerprint density at radius 2 is 2.30 bits per heavy atom. The summed E-state index contributed by atoms with van der Waals surface area (Å²) in [6, 6.07) is 0. The third-order valence-electron chi connectivity index (χ3n) is 3.02. The minimum atomic E-state index is -0.0209. The van der Waals surface area contributed by atoms with Gasteiger partial charge in [-0.05, 0) is 19.4 Å². The zero-order chi connectivity index (χ0) is 7.19. The molecule has 1 N–H and O–H groups in total. The molecular weight excluding hydrogens is 126 g/mol. The molecule has 0 aromatic heterocycles. The van der Waals surface area contributed by atoms with E-state index < -0.39 is 0 Å². The van der Waals surface area contributed by atoms with Gasteiger partial charge in [-0.15, -0.1) is 0 Å². The van der Waals surface area contributed by atoms with Crippen LogP contribution in [0.2, 0.25) is 0 Å². The standard InChI is InChI=1S/C8H15NO/c1-2-9-5-7(10)8(6-9)3-4-8/h7,10H,2-6H2,1H3/t7-/m1/s1. The number of nitrogens with zero attached hydrogens (tertiary/aromatic N) is 1. The fraction of sp³-hybridized carbons (Fsp3) is 1.00. The Morgan fingerprint density at radius 3 is 2.60 bits per heavy atom. The smallest absolute Gasteiger partial charge is 0.0735 e. The Labute approximate surface area is 61.8 Å². The zero-order valence-corrected chi connectivity index (χ0v) is 6.51. The van der Waals surface area contributed by atoms with Gasteiger partial charge in [0.15, 0.2) is 0 Å². The first-order valence-electron chi connectivity index (χ1n) is 4.17. The lowest BCUT2D eigenvalue weighted by atomic mass is 10.0. The van der Waals surface area contributed by atoms with Crippen molar-refractivity contribution < 1.29 is 5.11 Å². The van der Waals surface area contributed by atoms with Gasteiger partial charge in [-0.2, -0.15) is 0 Å². The molecule has 2 nitrogen and oxygen atoms in total. The van der Waals surface area contributed by atoms with Crippen molar-refractivity contribution in [2.45, 2.75) is 25.9 Å². The fourth-order valence-corrected chi connectivity index (χ4v) is 1.95. The molecule has 0 radical (unpaired) electrons. The first kappa shape index (κ1) is 6.62. The van der Waals surface area contributed by atoms with E-state index >= 15 is 0 Å². The molecule has 2 fully saturated rings. The molecule has 1 atom stereocenters. The van der Waals surface area contributed by atoms with Crippen LogP contribution in [0, 0.1) is 5.41 Å². The van der Waals surface area contributed by atoms with Crippen LogP contribution < -0.4 is 0 Å². The van der Waals surface area contributed by atoms with E-state index in [4.69, 9.17) is 0 Å². The summed E-state index contributed by atoms with van der Waals surface area (Å²) in [6.45, 7) is 5.31. The molecule has 58 valence electrons. The second-order valence-corrected chi connectivity index (χ2v) is 3.71. The summed E-state index contributed by atoms with van der Waals surface area (Å²) in [5.74, 6) is 0. The molecule has 1 saturated heterocycles. The SMILES string of the molecule is CCN1C[C@@H](O)C2(CC2)C1. The molecule has 2 rings (SSSR count). The maximum absolute atomic E-state index is 9.58. The Kier molecular flexibility index (Phi) is 1.29. The van der Waals surface area contributed by atoms with Gasteiger partial charge in [0, 0.05) is 18.5 Å². The van der Waals surface area contributed by atoms with Crippen molar-refractivity contribution in [1.29, 1.82) is 0 Å². The summed E-state index contributed by atoms with van der Waals surface area (Å²) in [5, 5.41) is 9.58. The summed E-state index contributed by atoms with van der Waals surface area (Å²) in [4.78, 5) is 2.34. The number of β-amino-alcohol motifs (C(OH)–C–C–N with tert-alkyl or cyclic N) is 1. The van der Waals surface area contributed by atoms with E-state index in [9.17, 15) is 5.11 Å². The molecule has 2 heteroatoms. The van der Waals surface area contributed by atoms with Gasteiger partial charge < -0.3 is 10.0 Å². The fourth-order valence-electron chi connectivity index (χ4n) is 1.95. The van der Waals surface area contributed by atoms with Gasteiger partial charge in [-0.25, -0.2) is 0 Å². The summed E-state index contributed by atoms with van der Waals surface area (Å²) in [5.41, 5.74) is 0.357. The molecule has 1 heterocycles. The number of hydrogen-bond acceptors (Lipinski definition) is 2. The third kappa shape index (κ3) is 0.789. The van der Waals surface area contributed by atoms with Crippen LogP contribution in [0.15, 0.2) is 0 Å². The number of aliphatic hydroxyl groups is 1. The Hall–Kier alpha value is -0.0800. The first-order chi connectivity index (χ1) is 4.77. The number of likely N-dealkylation sites (N-methyl/N-ethyl adjacent to an activating group) is 1. The Morgan fingerprint density at radius 1 is 1.60 bits per heavy atom. The van der Waals surface area contributed by atoms with Gasteiger partial charge in [0.1, 0.15) is 0 Å². The van der Waals surface area contributed by atoms with Crippen LogP contribution in [0.5, 0.6) is 0 Å². The van der Waals surface area contributed by atoms with Crippen molar-refractivity contribution in [3.05, 3.63) is 0 Å². The van der Waals surface area contributed by atoms with Gasteiger partial charge in [-0.3, -0.25) is 0 Å². The quantitative estimate of drug-likeness (QED) is 0.573. The largest absolute Gasteiger partial charge is 0.391 e. The van der Waals surface area contributed by atoms with Crippen LogP contribution in [0.3, 0.4) is 0 Å². The van der Waals surface area contributed by atoms with Crippen LogP contribution in [-0.4, -0.2) is 35.7 Å². The average molecular weight is 141 g/mol. The van der Waals surface area contributed by atoms with E-state index in [0.29, 0.717) is 5.41 Å². The average Bonchev–Trinajstić information content (AvgIpc) is 2.60. The van der Waals surface area contributed by atoms with E-state index in [0.717, 1.165) is 19.6 Å². The zero-order valence-electron chi connectivity index (χ0n) is 6.51. The molecule has 1 aliphatic heterocycles. The molecular formula is C8H15NO. The lowest BCUT2D eigenvalue weighted by Crippen LogP contribution is -2.21. The molecule has 0 aromatic carbocycles. The van der Waals surface area contributed by atoms with Crippen molar-refractivity contribution in [2.24, 2.45) is 5.41 Å². The third-order valence-corrected chi connectivity index (χ3v) is 3.02. The summed E-state index contributed by atoms with van der Waals surface area (Å²) in [6.07, 6.45) is 2.49. The molecule has 2 aliphatic rings. The van der Waals surface area contributed by atoms with E-state index in [1.165, 1.54) is 12.8 Å². The summed E-state index contributed by atoms with van der Waals surface area (Å²) in [7, 11) is 0. The minimum absolute atomic E-state index is 0.0209. The Bertz CT molecular complexity index is 142. The molecule has 1 aliphatic carbocycles. The molecule has 0 unspecified atom stereocenters.